The van der Waals surface area contributed by atoms with Gasteiger partial charge in [0.25, 0.3) is 0 Å². The SMILES string of the molecule is CC(C)(C)c1ccccc1OCCNC(=O)C1CCN(Cc2ccccc2)CC1. The Labute approximate surface area is 175 Å². The fraction of sp³-hybridized carbons (Fsp3) is 0.480. The number of likely N-dealkylation sites (tertiary alicyclic amines) is 1. The van der Waals surface area contributed by atoms with E-state index in [1.54, 1.807) is 0 Å². The number of para-hydroxylation sites is 1. The van der Waals surface area contributed by atoms with Gasteiger partial charge in [-0.2, -0.15) is 0 Å². The first-order valence-electron chi connectivity index (χ1n) is 10.7. The molecule has 1 amide bonds. The third kappa shape index (κ3) is 6.33. The van der Waals surface area contributed by atoms with Crippen molar-refractivity contribution in [3.05, 3.63) is 65.7 Å². The molecule has 0 atom stereocenters. The summed E-state index contributed by atoms with van der Waals surface area (Å²) in [5, 5.41) is 3.06. The van der Waals surface area contributed by atoms with E-state index in [1.165, 1.54) is 11.1 Å². The molecule has 1 heterocycles. The van der Waals surface area contributed by atoms with Crippen molar-refractivity contribution in [2.75, 3.05) is 26.2 Å². The van der Waals surface area contributed by atoms with Crippen LogP contribution in [0.4, 0.5) is 0 Å². The third-order valence-corrected chi connectivity index (χ3v) is 5.56. The zero-order valence-corrected chi connectivity index (χ0v) is 18.0. The number of benzene rings is 2. The summed E-state index contributed by atoms with van der Waals surface area (Å²) in [4.78, 5) is 15.0. The molecule has 4 nitrogen and oxygen atoms in total. The van der Waals surface area contributed by atoms with Crippen molar-refractivity contribution in [2.45, 2.75) is 45.6 Å². The van der Waals surface area contributed by atoms with E-state index in [4.69, 9.17) is 4.74 Å². The van der Waals surface area contributed by atoms with E-state index in [0.29, 0.717) is 13.2 Å². The van der Waals surface area contributed by atoms with Crippen LogP contribution in [0.1, 0.15) is 44.7 Å². The highest BCUT2D eigenvalue weighted by molar-refractivity contribution is 5.78. The minimum absolute atomic E-state index is 0.0353. The van der Waals surface area contributed by atoms with E-state index >= 15 is 0 Å². The van der Waals surface area contributed by atoms with Gasteiger partial charge in [-0.1, -0.05) is 69.3 Å². The molecule has 0 spiro atoms. The van der Waals surface area contributed by atoms with Gasteiger partial charge in [0.2, 0.25) is 5.91 Å². The number of amides is 1. The second kappa shape index (κ2) is 9.93. The smallest absolute Gasteiger partial charge is 0.223 e. The van der Waals surface area contributed by atoms with Gasteiger partial charge < -0.3 is 10.1 Å². The fourth-order valence-corrected chi connectivity index (χ4v) is 3.89. The van der Waals surface area contributed by atoms with E-state index in [0.717, 1.165) is 38.2 Å². The van der Waals surface area contributed by atoms with E-state index in [9.17, 15) is 4.79 Å². The summed E-state index contributed by atoms with van der Waals surface area (Å²) >= 11 is 0. The second-order valence-corrected chi connectivity index (χ2v) is 8.92. The van der Waals surface area contributed by atoms with Crippen LogP contribution in [-0.4, -0.2) is 37.0 Å². The van der Waals surface area contributed by atoms with Crippen molar-refractivity contribution in [1.82, 2.24) is 10.2 Å². The zero-order valence-electron chi connectivity index (χ0n) is 18.0. The van der Waals surface area contributed by atoms with Crippen LogP contribution in [0.5, 0.6) is 5.75 Å². The zero-order chi connectivity index (χ0) is 20.7. The van der Waals surface area contributed by atoms with Crippen LogP contribution in [0.25, 0.3) is 0 Å². The summed E-state index contributed by atoms with van der Waals surface area (Å²) in [6.45, 7) is 10.5. The van der Waals surface area contributed by atoms with Crippen molar-refractivity contribution in [1.29, 1.82) is 0 Å². The van der Waals surface area contributed by atoms with E-state index < -0.39 is 0 Å². The molecular formula is C25H34N2O2. The lowest BCUT2D eigenvalue weighted by Gasteiger charge is -2.31. The van der Waals surface area contributed by atoms with E-state index in [-0.39, 0.29) is 17.2 Å². The largest absolute Gasteiger partial charge is 0.491 e. The average Bonchev–Trinajstić information content (AvgIpc) is 2.72. The molecule has 3 rings (SSSR count). The standard InChI is InChI=1S/C25H34N2O2/c1-25(2,3)22-11-7-8-12-23(22)29-18-15-26-24(28)21-13-16-27(17-14-21)19-20-9-5-4-6-10-20/h4-12,21H,13-19H2,1-3H3,(H,26,28). The van der Waals surface area contributed by atoms with Crippen molar-refractivity contribution >= 4 is 5.91 Å². The molecule has 2 aromatic rings. The summed E-state index contributed by atoms with van der Waals surface area (Å²) in [6, 6.07) is 18.7. The molecule has 0 unspecified atom stereocenters. The predicted octanol–water partition coefficient (Wildman–Crippen LogP) is 4.39. The molecule has 0 radical (unpaired) electrons. The molecule has 0 bridgehead atoms. The number of ether oxygens (including phenoxy) is 1. The second-order valence-electron chi connectivity index (χ2n) is 8.92. The molecule has 29 heavy (non-hydrogen) atoms. The lowest BCUT2D eigenvalue weighted by molar-refractivity contribution is -0.126. The highest BCUT2D eigenvalue weighted by Crippen LogP contribution is 2.30. The predicted molar refractivity (Wildman–Crippen MR) is 118 cm³/mol. The van der Waals surface area contributed by atoms with Crippen LogP contribution in [0.15, 0.2) is 54.6 Å². The quantitative estimate of drug-likeness (QED) is 0.708. The van der Waals surface area contributed by atoms with Crippen molar-refractivity contribution in [3.8, 4) is 5.75 Å². The molecule has 1 saturated heterocycles. The van der Waals surface area contributed by atoms with Gasteiger partial charge in [0.05, 0.1) is 6.54 Å². The van der Waals surface area contributed by atoms with Crippen LogP contribution in [0, 0.1) is 5.92 Å². The van der Waals surface area contributed by atoms with Crippen LogP contribution in [0.2, 0.25) is 0 Å². The van der Waals surface area contributed by atoms with Crippen LogP contribution in [-0.2, 0) is 16.8 Å². The Kier molecular flexibility index (Phi) is 7.32. The minimum atomic E-state index is 0.0353. The third-order valence-electron chi connectivity index (χ3n) is 5.56. The highest BCUT2D eigenvalue weighted by atomic mass is 16.5. The molecule has 156 valence electrons. The number of nitrogens with zero attached hydrogens (tertiary/aromatic N) is 1. The summed E-state index contributed by atoms with van der Waals surface area (Å²) < 4.78 is 5.96. The van der Waals surface area contributed by atoms with E-state index in [2.05, 4.69) is 61.3 Å². The maximum absolute atomic E-state index is 12.5. The van der Waals surface area contributed by atoms with Crippen LogP contribution in [0.3, 0.4) is 0 Å². The first kappa shape index (κ1) is 21.4. The maximum Gasteiger partial charge on any atom is 0.223 e. The normalized spacial score (nSPS) is 15.8. The van der Waals surface area contributed by atoms with Gasteiger partial charge in [0, 0.05) is 12.5 Å². The molecule has 1 aliphatic heterocycles. The molecule has 0 aromatic heterocycles. The van der Waals surface area contributed by atoms with Crippen molar-refractivity contribution in [2.24, 2.45) is 5.92 Å². The maximum atomic E-state index is 12.5. The summed E-state index contributed by atoms with van der Waals surface area (Å²) in [5.41, 5.74) is 2.56. The molecule has 0 aliphatic carbocycles. The Morgan fingerprint density at radius 1 is 1.03 bits per heavy atom. The molecule has 2 aromatic carbocycles. The number of carbonyl (C=O) groups is 1. The molecule has 1 aliphatic rings. The van der Waals surface area contributed by atoms with Crippen LogP contribution >= 0.6 is 0 Å². The topological polar surface area (TPSA) is 41.6 Å². The van der Waals surface area contributed by atoms with Gasteiger partial charge in [0.1, 0.15) is 12.4 Å². The lowest BCUT2D eigenvalue weighted by atomic mass is 9.86. The Bertz CT molecular complexity index is 775. The van der Waals surface area contributed by atoms with Gasteiger partial charge in [-0.05, 0) is 48.5 Å². The molecule has 0 saturated carbocycles. The molecule has 4 heteroatoms. The number of hydrogen-bond acceptors (Lipinski definition) is 3. The van der Waals surface area contributed by atoms with Crippen molar-refractivity contribution < 1.29 is 9.53 Å². The van der Waals surface area contributed by atoms with Gasteiger partial charge in [-0.3, -0.25) is 9.69 Å². The molecule has 1 fully saturated rings. The Balaban J connectivity index is 1.38. The van der Waals surface area contributed by atoms with Gasteiger partial charge in [-0.25, -0.2) is 0 Å². The summed E-state index contributed by atoms with van der Waals surface area (Å²) in [5.74, 6) is 1.18. The van der Waals surface area contributed by atoms with Crippen molar-refractivity contribution in [3.63, 3.8) is 0 Å². The first-order chi connectivity index (χ1) is 13.9. The lowest BCUT2D eigenvalue weighted by Crippen LogP contribution is -2.41. The van der Waals surface area contributed by atoms with Gasteiger partial charge in [0.15, 0.2) is 0 Å². The first-order valence-corrected chi connectivity index (χ1v) is 10.7. The monoisotopic (exact) mass is 394 g/mol. The van der Waals surface area contributed by atoms with Crippen LogP contribution < -0.4 is 10.1 Å². The highest BCUT2D eigenvalue weighted by Gasteiger charge is 2.24. The Hall–Kier alpha value is -2.33. The summed E-state index contributed by atoms with van der Waals surface area (Å²) in [6.07, 6.45) is 1.85. The number of piperidine rings is 1. The average molecular weight is 395 g/mol. The minimum Gasteiger partial charge on any atom is -0.491 e. The Morgan fingerprint density at radius 3 is 2.38 bits per heavy atom. The number of carbonyl (C=O) groups excluding carboxylic acids is 1. The van der Waals surface area contributed by atoms with E-state index in [1.807, 2.05) is 24.3 Å². The van der Waals surface area contributed by atoms with Gasteiger partial charge in [-0.15, -0.1) is 0 Å². The summed E-state index contributed by atoms with van der Waals surface area (Å²) in [7, 11) is 0. The molecule has 1 N–H and O–H groups in total. The fourth-order valence-electron chi connectivity index (χ4n) is 3.89. The molecular weight excluding hydrogens is 360 g/mol. The Morgan fingerprint density at radius 2 is 1.69 bits per heavy atom. The number of hydrogen-bond donors (Lipinski definition) is 1. The number of nitrogens with one attached hydrogen (secondary N) is 1. The van der Waals surface area contributed by atoms with Gasteiger partial charge >= 0.3 is 0 Å². The number of rotatable bonds is 7.